The maximum absolute atomic E-state index is 11.6. The molecule has 2 rings (SSSR count). The minimum absolute atomic E-state index is 0.139. The van der Waals surface area contributed by atoms with Gasteiger partial charge in [0.05, 0.1) is 6.04 Å². The van der Waals surface area contributed by atoms with Crippen LogP contribution in [0, 0.1) is 0 Å². The molecule has 2 N–H and O–H groups in total. The molecule has 0 bridgehead atoms. The Bertz CT molecular complexity index is 483. The highest BCUT2D eigenvalue weighted by atomic mass is 79.9. The predicted octanol–water partition coefficient (Wildman–Crippen LogP) is 3.47. The molecule has 1 aromatic rings. The van der Waals surface area contributed by atoms with Crippen molar-refractivity contribution in [1.82, 2.24) is 10.9 Å². The second-order valence-corrected chi connectivity index (χ2v) is 6.52. The summed E-state index contributed by atoms with van der Waals surface area (Å²) < 4.78 is 6.32. The number of benzene rings is 1. The van der Waals surface area contributed by atoms with Crippen molar-refractivity contribution in [2.75, 3.05) is 0 Å². The summed E-state index contributed by atoms with van der Waals surface area (Å²) in [7, 11) is 0. The summed E-state index contributed by atoms with van der Waals surface area (Å²) in [5, 5.41) is 0. The minimum Gasteiger partial charge on any atom is -0.443 e. The van der Waals surface area contributed by atoms with Gasteiger partial charge in [0.2, 0.25) is 0 Å². The van der Waals surface area contributed by atoms with E-state index in [4.69, 9.17) is 4.74 Å². The zero-order chi connectivity index (χ0) is 14.0. The fourth-order valence-electron chi connectivity index (χ4n) is 2.21. The van der Waals surface area contributed by atoms with Gasteiger partial charge in [0.1, 0.15) is 5.60 Å². The zero-order valence-electron chi connectivity index (χ0n) is 11.4. The molecular weight excluding hydrogens is 308 g/mol. The van der Waals surface area contributed by atoms with Gasteiger partial charge in [-0.25, -0.2) is 10.2 Å². The molecule has 0 aromatic heterocycles. The van der Waals surface area contributed by atoms with Crippen LogP contribution < -0.4 is 10.9 Å². The molecule has 1 aliphatic rings. The lowest BCUT2D eigenvalue weighted by molar-refractivity contribution is 0.0487. The van der Waals surface area contributed by atoms with Gasteiger partial charge < -0.3 is 4.74 Å². The number of halogens is 1. The number of ether oxygens (including phenoxy) is 1. The van der Waals surface area contributed by atoms with Gasteiger partial charge in [-0.2, -0.15) is 0 Å². The Morgan fingerprint density at radius 3 is 2.84 bits per heavy atom. The van der Waals surface area contributed by atoms with Gasteiger partial charge in [0.15, 0.2) is 0 Å². The second kappa shape index (κ2) is 5.51. The highest BCUT2D eigenvalue weighted by molar-refractivity contribution is 9.10. The van der Waals surface area contributed by atoms with E-state index in [0.29, 0.717) is 0 Å². The van der Waals surface area contributed by atoms with Crippen LogP contribution in [0.2, 0.25) is 0 Å². The van der Waals surface area contributed by atoms with Gasteiger partial charge in [-0.3, -0.25) is 5.43 Å². The predicted molar refractivity (Wildman–Crippen MR) is 77.7 cm³/mol. The van der Waals surface area contributed by atoms with Crippen molar-refractivity contribution in [3.05, 3.63) is 33.8 Å². The summed E-state index contributed by atoms with van der Waals surface area (Å²) in [6, 6.07) is 6.28. The summed E-state index contributed by atoms with van der Waals surface area (Å²) >= 11 is 3.55. The maximum atomic E-state index is 11.6. The first kappa shape index (κ1) is 14.3. The molecule has 4 nitrogen and oxygen atoms in total. The number of hydrazine groups is 1. The first-order valence-electron chi connectivity index (χ1n) is 6.38. The van der Waals surface area contributed by atoms with Gasteiger partial charge in [0.25, 0.3) is 0 Å². The Morgan fingerprint density at radius 1 is 1.42 bits per heavy atom. The van der Waals surface area contributed by atoms with Crippen LogP contribution in [0.1, 0.15) is 44.4 Å². The summed E-state index contributed by atoms with van der Waals surface area (Å²) in [5.41, 5.74) is 7.71. The summed E-state index contributed by atoms with van der Waals surface area (Å²) in [6.45, 7) is 5.53. The average Bonchev–Trinajstić information content (AvgIpc) is 2.69. The van der Waals surface area contributed by atoms with Crippen LogP contribution in [-0.4, -0.2) is 11.7 Å². The third-order valence-electron chi connectivity index (χ3n) is 2.96. The van der Waals surface area contributed by atoms with Crippen LogP contribution in [0.15, 0.2) is 22.7 Å². The van der Waals surface area contributed by atoms with Crippen molar-refractivity contribution in [3.63, 3.8) is 0 Å². The fourth-order valence-corrected chi connectivity index (χ4v) is 2.79. The van der Waals surface area contributed by atoms with E-state index >= 15 is 0 Å². The van der Waals surface area contributed by atoms with E-state index in [-0.39, 0.29) is 6.04 Å². The normalized spacial score (nSPS) is 18.0. The topological polar surface area (TPSA) is 50.4 Å². The van der Waals surface area contributed by atoms with Gasteiger partial charge in [0, 0.05) is 4.47 Å². The Labute approximate surface area is 122 Å². The van der Waals surface area contributed by atoms with Crippen LogP contribution in [0.3, 0.4) is 0 Å². The smallest absolute Gasteiger partial charge is 0.422 e. The Kier molecular flexibility index (Phi) is 4.16. The van der Waals surface area contributed by atoms with E-state index in [1.807, 2.05) is 32.9 Å². The zero-order valence-corrected chi connectivity index (χ0v) is 13.0. The van der Waals surface area contributed by atoms with Crippen molar-refractivity contribution < 1.29 is 9.53 Å². The number of rotatable bonds is 2. The lowest BCUT2D eigenvalue weighted by atomic mass is 10.1. The van der Waals surface area contributed by atoms with Crippen molar-refractivity contribution >= 4 is 22.0 Å². The van der Waals surface area contributed by atoms with Crippen molar-refractivity contribution in [2.45, 2.75) is 45.3 Å². The molecule has 0 unspecified atom stereocenters. The standard InChI is InChI=1S/C14H19BrN2O2/c1-14(2,3)19-13(18)17-16-12-8-7-9-10(12)5-4-6-11(9)15/h4-6,12,16H,7-8H2,1-3H3,(H,17,18)/t12-/m0/s1. The van der Waals surface area contributed by atoms with Gasteiger partial charge >= 0.3 is 6.09 Å². The van der Waals surface area contributed by atoms with Gasteiger partial charge in [-0.05, 0) is 50.8 Å². The van der Waals surface area contributed by atoms with E-state index in [9.17, 15) is 4.79 Å². The first-order valence-corrected chi connectivity index (χ1v) is 7.18. The molecular formula is C14H19BrN2O2. The highest BCUT2D eigenvalue weighted by Crippen LogP contribution is 2.35. The van der Waals surface area contributed by atoms with Crippen molar-refractivity contribution in [3.8, 4) is 0 Å². The monoisotopic (exact) mass is 326 g/mol. The average molecular weight is 327 g/mol. The molecule has 0 heterocycles. The number of fused-ring (bicyclic) bond motifs is 1. The van der Waals surface area contributed by atoms with Crippen molar-refractivity contribution in [2.24, 2.45) is 0 Å². The molecule has 1 atom stereocenters. The van der Waals surface area contributed by atoms with Crippen LogP contribution in [0.25, 0.3) is 0 Å². The Hall–Kier alpha value is -1.07. The number of hydrogen-bond donors (Lipinski definition) is 2. The largest absolute Gasteiger partial charge is 0.443 e. The molecule has 0 spiro atoms. The molecule has 0 fully saturated rings. The van der Waals surface area contributed by atoms with Crippen LogP contribution >= 0.6 is 15.9 Å². The minimum atomic E-state index is -0.484. The van der Waals surface area contributed by atoms with E-state index in [1.54, 1.807) is 0 Å². The van der Waals surface area contributed by atoms with Crippen molar-refractivity contribution in [1.29, 1.82) is 0 Å². The Balaban J connectivity index is 1.93. The van der Waals surface area contributed by atoms with Crippen LogP contribution in [0.4, 0.5) is 4.79 Å². The molecule has 1 aromatic carbocycles. The summed E-state index contributed by atoms with van der Waals surface area (Å²) in [5.74, 6) is 0. The number of hydrogen-bond acceptors (Lipinski definition) is 3. The molecule has 0 aliphatic heterocycles. The number of carbonyl (C=O) groups is 1. The van der Waals surface area contributed by atoms with Crippen LogP contribution in [0.5, 0.6) is 0 Å². The SMILES string of the molecule is CC(C)(C)OC(=O)NN[C@H]1CCc2c(Br)cccc21. The first-order chi connectivity index (χ1) is 8.87. The number of amides is 1. The molecule has 19 heavy (non-hydrogen) atoms. The maximum Gasteiger partial charge on any atom is 0.422 e. The summed E-state index contributed by atoms with van der Waals surface area (Å²) in [6.07, 6.45) is 1.52. The molecule has 0 saturated heterocycles. The molecule has 1 amide bonds. The molecule has 1 aliphatic carbocycles. The van der Waals surface area contributed by atoms with E-state index < -0.39 is 11.7 Å². The second-order valence-electron chi connectivity index (χ2n) is 5.67. The molecule has 0 radical (unpaired) electrons. The van der Waals surface area contributed by atoms with E-state index in [2.05, 4.69) is 32.8 Å². The third-order valence-corrected chi connectivity index (χ3v) is 3.70. The van der Waals surface area contributed by atoms with Gasteiger partial charge in [-0.15, -0.1) is 0 Å². The molecule has 104 valence electrons. The molecule has 5 heteroatoms. The fraction of sp³-hybridized carbons (Fsp3) is 0.500. The summed E-state index contributed by atoms with van der Waals surface area (Å²) in [4.78, 5) is 11.6. The van der Waals surface area contributed by atoms with E-state index in [0.717, 1.165) is 17.3 Å². The molecule has 0 saturated carbocycles. The quantitative estimate of drug-likeness (QED) is 0.818. The third kappa shape index (κ3) is 3.70. The highest BCUT2D eigenvalue weighted by Gasteiger charge is 2.25. The van der Waals surface area contributed by atoms with Crippen LogP contribution in [-0.2, 0) is 11.2 Å². The Morgan fingerprint density at radius 2 is 2.16 bits per heavy atom. The lowest BCUT2D eigenvalue weighted by Gasteiger charge is -2.21. The lowest BCUT2D eigenvalue weighted by Crippen LogP contribution is -2.42. The van der Waals surface area contributed by atoms with Gasteiger partial charge in [-0.1, -0.05) is 28.1 Å². The van der Waals surface area contributed by atoms with E-state index in [1.165, 1.54) is 11.1 Å². The number of nitrogens with one attached hydrogen (secondary N) is 2. The number of carbonyl (C=O) groups excluding carboxylic acids is 1.